The molecule has 0 amide bonds. The number of rotatable bonds is 3. The van der Waals surface area contributed by atoms with E-state index in [2.05, 4.69) is 32.2 Å². The summed E-state index contributed by atoms with van der Waals surface area (Å²) in [4.78, 5) is 4.42. The van der Waals surface area contributed by atoms with E-state index in [-0.39, 0.29) is 0 Å². The number of aromatic nitrogens is 2. The van der Waals surface area contributed by atoms with Gasteiger partial charge in [-0.3, -0.25) is 4.57 Å². The van der Waals surface area contributed by atoms with Crippen molar-refractivity contribution in [2.45, 2.75) is 20.4 Å². The summed E-state index contributed by atoms with van der Waals surface area (Å²) in [6, 6.07) is 8.22. The van der Waals surface area contributed by atoms with Crippen LogP contribution in [0, 0.1) is 25.2 Å². The zero-order chi connectivity index (χ0) is 14.9. The van der Waals surface area contributed by atoms with Crippen LogP contribution in [0.1, 0.15) is 22.5 Å². The third-order valence-electron chi connectivity index (χ3n) is 3.23. The van der Waals surface area contributed by atoms with Crippen LogP contribution in [0.15, 0.2) is 24.5 Å². The average molecular weight is 269 g/mol. The lowest BCUT2D eigenvalue weighted by Gasteiger charge is -2.25. The van der Waals surface area contributed by atoms with E-state index in [1.807, 2.05) is 42.9 Å². The molecular weight excluding hydrogens is 248 g/mol. The summed E-state index contributed by atoms with van der Waals surface area (Å²) in [5.41, 5.74) is 4.85. The monoisotopic (exact) mass is 269 g/mol. The normalized spacial score (nSPS) is 11.4. The Morgan fingerprint density at radius 1 is 1.25 bits per heavy atom. The van der Waals surface area contributed by atoms with Gasteiger partial charge in [-0.05, 0) is 31.5 Å². The fourth-order valence-electron chi connectivity index (χ4n) is 2.26. The molecule has 0 saturated carbocycles. The van der Waals surface area contributed by atoms with Crippen LogP contribution in [0.25, 0.3) is 5.69 Å². The van der Waals surface area contributed by atoms with E-state index in [0.29, 0.717) is 5.56 Å². The predicted molar refractivity (Wildman–Crippen MR) is 79.5 cm³/mol. The first-order valence-electron chi connectivity index (χ1n) is 6.66. The molecule has 0 aliphatic carbocycles. The summed E-state index contributed by atoms with van der Waals surface area (Å²) >= 11 is 0. The molecule has 2 aromatic rings. The Bertz CT molecular complexity index is 669. The number of quaternary nitrogens is 1. The third-order valence-corrected chi connectivity index (χ3v) is 3.23. The largest absolute Gasteiger partial charge is 0.326 e. The maximum Gasteiger partial charge on any atom is 0.121 e. The van der Waals surface area contributed by atoms with Crippen LogP contribution in [-0.4, -0.2) is 35.2 Å². The molecule has 0 bridgehead atoms. The van der Waals surface area contributed by atoms with Gasteiger partial charge in [-0.2, -0.15) is 5.26 Å². The summed E-state index contributed by atoms with van der Waals surface area (Å²) in [7, 11) is 6.45. The Kier molecular flexibility index (Phi) is 3.65. The van der Waals surface area contributed by atoms with Gasteiger partial charge in [0.05, 0.1) is 44.4 Å². The van der Waals surface area contributed by atoms with Gasteiger partial charge in [0.25, 0.3) is 0 Å². The lowest BCUT2D eigenvalue weighted by Crippen LogP contribution is -2.34. The van der Waals surface area contributed by atoms with Crippen molar-refractivity contribution in [2.24, 2.45) is 0 Å². The molecule has 0 unspecified atom stereocenters. The highest BCUT2D eigenvalue weighted by atomic mass is 15.3. The minimum Gasteiger partial charge on any atom is -0.326 e. The summed E-state index contributed by atoms with van der Waals surface area (Å²) in [6.45, 7) is 4.88. The van der Waals surface area contributed by atoms with Gasteiger partial charge in [0, 0.05) is 0 Å². The van der Waals surface area contributed by atoms with Crippen molar-refractivity contribution in [1.29, 1.82) is 5.26 Å². The second-order valence-corrected chi connectivity index (χ2v) is 6.23. The quantitative estimate of drug-likeness (QED) is 0.804. The smallest absolute Gasteiger partial charge is 0.121 e. The van der Waals surface area contributed by atoms with Crippen molar-refractivity contribution in [2.75, 3.05) is 21.1 Å². The zero-order valence-electron chi connectivity index (χ0n) is 12.8. The number of nitrogens with zero attached hydrogens (tertiary/aromatic N) is 4. The number of nitriles is 1. The van der Waals surface area contributed by atoms with Crippen LogP contribution in [0.5, 0.6) is 0 Å². The zero-order valence-corrected chi connectivity index (χ0v) is 12.8. The third kappa shape index (κ3) is 2.89. The van der Waals surface area contributed by atoms with E-state index >= 15 is 0 Å². The lowest BCUT2D eigenvalue weighted by molar-refractivity contribution is -0.884. The second kappa shape index (κ2) is 5.10. The van der Waals surface area contributed by atoms with E-state index in [1.54, 1.807) is 0 Å². The SMILES string of the molecule is Cc1ccc(-n2cnc(C)c2C[N+](C)(C)C)c(C#N)c1. The Balaban J connectivity index is 2.57. The molecule has 0 aliphatic rings. The van der Waals surface area contributed by atoms with E-state index in [0.717, 1.165) is 33.7 Å². The molecule has 0 aliphatic heterocycles. The fourth-order valence-corrected chi connectivity index (χ4v) is 2.26. The van der Waals surface area contributed by atoms with Crippen molar-refractivity contribution in [3.8, 4) is 11.8 Å². The minimum atomic E-state index is 0.685. The maximum absolute atomic E-state index is 9.35. The van der Waals surface area contributed by atoms with E-state index in [4.69, 9.17) is 0 Å². The van der Waals surface area contributed by atoms with E-state index in [1.165, 1.54) is 0 Å². The van der Waals surface area contributed by atoms with Crippen LogP contribution >= 0.6 is 0 Å². The molecule has 1 heterocycles. The van der Waals surface area contributed by atoms with Gasteiger partial charge in [-0.1, -0.05) is 6.07 Å². The van der Waals surface area contributed by atoms with Gasteiger partial charge in [0.15, 0.2) is 0 Å². The molecule has 104 valence electrons. The average Bonchev–Trinajstić information content (AvgIpc) is 2.69. The first-order chi connectivity index (χ1) is 9.31. The molecule has 0 radical (unpaired) electrons. The highest BCUT2D eigenvalue weighted by molar-refractivity contribution is 5.51. The number of aryl methyl sites for hydroxylation is 2. The molecule has 0 saturated heterocycles. The molecule has 1 aromatic carbocycles. The van der Waals surface area contributed by atoms with E-state index in [9.17, 15) is 5.26 Å². The van der Waals surface area contributed by atoms with Crippen LogP contribution < -0.4 is 0 Å². The van der Waals surface area contributed by atoms with Gasteiger partial charge in [0.2, 0.25) is 0 Å². The molecule has 20 heavy (non-hydrogen) atoms. The fraction of sp³-hybridized carbons (Fsp3) is 0.375. The Morgan fingerprint density at radius 3 is 2.55 bits per heavy atom. The van der Waals surface area contributed by atoms with E-state index < -0.39 is 0 Å². The van der Waals surface area contributed by atoms with Crippen molar-refractivity contribution < 1.29 is 4.48 Å². The van der Waals surface area contributed by atoms with Gasteiger partial charge in [0.1, 0.15) is 18.3 Å². The Labute approximate surface area is 120 Å². The van der Waals surface area contributed by atoms with Crippen LogP contribution in [0.2, 0.25) is 0 Å². The molecule has 1 aromatic heterocycles. The predicted octanol–water partition coefficient (Wildman–Crippen LogP) is 2.57. The first kappa shape index (κ1) is 14.3. The molecule has 2 rings (SSSR count). The lowest BCUT2D eigenvalue weighted by atomic mass is 10.1. The molecular formula is C16H21N4+. The second-order valence-electron chi connectivity index (χ2n) is 6.23. The molecule has 0 N–H and O–H groups in total. The van der Waals surface area contributed by atoms with Gasteiger partial charge < -0.3 is 4.48 Å². The number of hydrogen-bond acceptors (Lipinski definition) is 2. The standard InChI is InChI=1S/C16H21N4/c1-12-6-7-15(14(8-12)9-17)19-11-18-13(2)16(19)10-20(3,4)5/h6-8,11H,10H2,1-5H3/q+1. The summed E-state index contributed by atoms with van der Waals surface area (Å²) < 4.78 is 2.86. The highest BCUT2D eigenvalue weighted by Crippen LogP contribution is 2.21. The molecule has 0 fully saturated rings. The van der Waals surface area contributed by atoms with Crippen LogP contribution in [0.3, 0.4) is 0 Å². The van der Waals surface area contributed by atoms with Crippen molar-refractivity contribution in [3.63, 3.8) is 0 Å². The Hall–Kier alpha value is -2.12. The van der Waals surface area contributed by atoms with Crippen molar-refractivity contribution in [1.82, 2.24) is 9.55 Å². The number of hydrogen-bond donors (Lipinski definition) is 0. The van der Waals surface area contributed by atoms with Crippen molar-refractivity contribution >= 4 is 0 Å². The van der Waals surface area contributed by atoms with Crippen LogP contribution in [0.4, 0.5) is 0 Å². The van der Waals surface area contributed by atoms with Crippen LogP contribution in [-0.2, 0) is 6.54 Å². The van der Waals surface area contributed by atoms with Crippen molar-refractivity contribution in [3.05, 3.63) is 47.0 Å². The van der Waals surface area contributed by atoms with Gasteiger partial charge in [-0.25, -0.2) is 4.98 Å². The topological polar surface area (TPSA) is 41.6 Å². The molecule has 4 heteroatoms. The molecule has 4 nitrogen and oxygen atoms in total. The highest BCUT2D eigenvalue weighted by Gasteiger charge is 2.18. The molecule has 0 atom stereocenters. The molecule has 0 spiro atoms. The number of benzene rings is 1. The first-order valence-corrected chi connectivity index (χ1v) is 6.66. The summed E-state index contributed by atoms with van der Waals surface area (Å²) in [5, 5.41) is 9.35. The number of imidazole rings is 1. The van der Waals surface area contributed by atoms with Gasteiger partial charge in [-0.15, -0.1) is 0 Å². The summed E-state index contributed by atoms with van der Waals surface area (Å²) in [6.07, 6.45) is 1.81. The maximum atomic E-state index is 9.35. The summed E-state index contributed by atoms with van der Waals surface area (Å²) in [5.74, 6) is 0. The van der Waals surface area contributed by atoms with Gasteiger partial charge >= 0.3 is 0 Å². The Morgan fingerprint density at radius 2 is 1.95 bits per heavy atom. The minimum absolute atomic E-state index is 0.685.